The van der Waals surface area contributed by atoms with Crippen molar-refractivity contribution >= 4 is 5.91 Å². The Kier molecular flexibility index (Phi) is 6.13. The zero-order valence-electron chi connectivity index (χ0n) is 16.7. The minimum atomic E-state index is 0.124. The van der Waals surface area contributed by atoms with E-state index in [1.807, 2.05) is 0 Å². The molecule has 2 saturated heterocycles. The number of hydrogen-bond acceptors (Lipinski definition) is 4. The normalized spacial score (nSPS) is 25.2. The smallest absolute Gasteiger partial charge is 0.274 e. The zero-order valence-corrected chi connectivity index (χ0v) is 16.7. The number of piperidine rings is 2. The Morgan fingerprint density at radius 1 is 1.22 bits per heavy atom. The lowest BCUT2D eigenvalue weighted by Crippen LogP contribution is -2.51. The SMILES string of the molecule is COCCCN(C[C@H]1CCCN2CCCC[C@@H]12)C(=O)c1n[nH]c2c1CCC2. The molecule has 0 bridgehead atoms. The van der Waals surface area contributed by atoms with Gasteiger partial charge in [-0.25, -0.2) is 0 Å². The first-order valence-electron chi connectivity index (χ1n) is 10.9. The molecule has 1 aromatic heterocycles. The number of nitrogens with zero attached hydrogens (tertiary/aromatic N) is 3. The van der Waals surface area contributed by atoms with Gasteiger partial charge in [0, 0.05) is 44.1 Å². The number of H-pyrrole nitrogens is 1. The number of hydrogen-bond donors (Lipinski definition) is 1. The number of methoxy groups -OCH3 is 1. The van der Waals surface area contributed by atoms with Gasteiger partial charge >= 0.3 is 0 Å². The van der Waals surface area contributed by atoms with E-state index < -0.39 is 0 Å². The summed E-state index contributed by atoms with van der Waals surface area (Å²) < 4.78 is 5.24. The summed E-state index contributed by atoms with van der Waals surface area (Å²) in [7, 11) is 1.73. The molecule has 0 spiro atoms. The van der Waals surface area contributed by atoms with Crippen LogP contribution in [0.2, 0.25) is 0 Å². The minimum Gasteiger partial charge on any atom is -0.385 e. The maximum absolute atomic E-state index is 13.4. The molecule has 6 heteroatoms. The van der Waals surface area contributed by atoms with Crippen molar-refractivity contribution in [1.82, 2.24) is 20.0 Å². The van der Waals surface area contributed by atoms with Crippen LogP contribution in [-0.2, 0) is 17.6 Å². The summed E-state index contributed by atoms with van der Waals surface area (Å²) in [5.74, 6) is 0.718. The van der Waals surface area contributed by atoms with Gasteiger partial charge in [0.15, 0.2) is 5.69 Å². The molecule has 2 fully saturated rings. The lowest BCUT2D eigenvalue weighted by atomic mass is 9.83. The number of amides is 1. The Hall–Kier alpha value is -1.40. The van der Waals surface area contributed by atoms with Crippen LogP contribution in [0.1, 0.15) is 66.7 Å². The molecular weight excluding hydrogens is 340 g/mol. The first kappa shape index (κ1) is 18.9. The molecule has 2 aliphatic heterocycles. The Morgan fingerprint density at radius 2 is 2.11 bits per heavy atom. The van der Waals surface area contributed by atoms with E-state index in [1.165, 1.54) is 56.5 Å². The number of carbonyl (C=O) groups excluding carboxylic acids is 1. The summed E-state index contributed by atoms with van der Waals surface area (Å²) in [5, 5.41) is 7.51. The van der Waals surface area contributed by atoms with E-state index in [2.05, 4.69) is 20.0 Å². The molecule has 0 aromatic carbocycles. The number of ether oxygens (including phenoxy) is 1. The van der Waals surface area contributed by atoms with Crippen molar-refractivity contribution in [3.8, 4) is 0 Å². The summed E-state index contributed by atoms with van der Waals surface area (Å²) in [4.78, 5) is 18.1. The molecular formula is C21H34N4O2. The Bertz CT molecular complexity index is 642. The summed E-state index contributed by atoms with van der Waals surface area (Å²) in [6, 6.07) is 0.662. The van der Waals surface area contributed by atoms with Gasteiger partial charge in [-0.05, 0) is 70.4 Å². The topological polar surface area (TPSA) is 61.5 Å². The first-order chi connectivity index (χ1) is 13.3. The van der Waals surface area contributed by atoms with Crippen molar-refractivity contribution in [2.45, 2.75) is 63.8 Å². The predicted octanol–water partition coefficient (Wildman–Crippen LogP) is 2.64. The number of aryl methyl sites for hydroxylation is 1. The zero-order chi connectivity index (χ0) is 18.6. The van der Waals surface area contributed by atoms with Crippen molar-refractivity contribution in [2.24, 2.45) is 5.92 Å². The Balaban J connectivity index is 1.48. The van der Waals surface area contributed by atoms with Gasteiger partial charge in [0.05, 0.1) is 0 Å². The second kappa shape index (κ2) is 8.74. The van der Waals surface area contributed by atoms with E-state index in [0.29, 0.717) is 24.3 Å². The van der Waals surface area contributed by atoms with Gasteiger partial charge in [-0.2, -0.15) is 5.10 Å². The van der Waals surface area contributed by atoms with Crippen LogP contribution in [0, 0.1) is 5.92 Å². The van der Waals surface area contributed by atoms with Crippen molar-refractivity contribution < 1.29 is 9.53 Å². The molecule has 150 valence electrons. The molecule has 2 atom stereocenters. The fourth-order valence-electron chi connectivity index (χ4n) is 5.39. The van der Waals surface area contributed by atoms with Crippen LogP contribution >= 0.6 is 0 Å². The highest BCUT2D eigenvalue weighted by atomic mass is 16.5. The van der Waals surface area contributed by atoms with Gasteiger partial charge in [0.2, 0.25) is 0 Å². The number of nitrogens with one attached hydrogen (secondary N) is 1. The lowest BCUT2D eigenvalue weighted by molar-refractivity contribution is 0.0344. The van der Waals surface area contributed by atoms with Gasteiger partial charge in [0.1, 0.15) is 0 Å². The molecule has 0 saturated carbocycles. The van der Waals surface area contributed by atoms with E-state index in [1.54, 1.807) is 7.11 Å². The minimum absolute atomic E-state index is 0.124. The van der Waals surface area contributed by atoms with Gasteiger partial charge in [-0.1, -0.05) is 6.42 Å². The van der Waals surface area contributed by atoms with Crippen molar-refractivity contribution in [1.29, 1.82) is 0 Å². The van der Waals surface area contributed by atoms with Crippen LogP contribution in [-0.4, -0.2) is 71.8 Å². The van der Waals surface area contributed by atoms with Crippen LogP contribution in [0.4, 0.5) is 0 Å². The van der Waals surface area contributed by atoms with Gasteiger partial charge in [0.25, 0.3) is 5.91 Å². The highest BCUT2D eigenvalue weighted by molar-refractivity contribution is 5.94. The number of aromatic amines is 1. The molecule has 3 heterocycles. The fourth-order valence-corrected chi connectivity index (χ4v) is 5.39. The van der Waals surface area contributed by atoms with Crippen molar-refractivity contribution in [2.75, 3.05) is 39.9 Å². The van der Waals surface area contributed by atoms with Crippen LogP contribution < -0.4 is 0 Å². The van der Waals surface area contributed by atoms with E-state index in [9.17, 15) is 4.79 Å². The average Bonchev–Trinajstić information content (AvgIpc) is 3.31. The monoisotopic (exact) mass is 374 g/mol. The molecule has 3 aliphatic rings. The largest absolute Gasteiger partial charge is 0.385 e. The van der Waals surface area contributed by atoms with Gasteiger partial charge in [-0.3, -0.25) is 9.89 Å². The maximum Gasteiger partial charge on any atom is 0.274 e. The average molecular weight is 375 g/mol. The van der Waals surface area contributed by atoms with Gasteiger partial charge < -0.3 is 14.5 Å². The summed E-state index contributed by atoms with van der Waals surface area (Å²) >= 11 is 0. The molecule has 1 aromatic rings. The lowest BCUT2D eigenvalue weighted by Gasteiger charge is -2.45. The van der Waals surface area contributed by atoms with E-state index in [4.69, 9.17) is 4.74 Å². The molecule has 1 amide bonds. The quantitative estimate of drug-likeness (QED) is 0.746. The number of rotatable bonds is 7. The van der Waals surface area contributed by atoms with E-state index in [0.717, 1.165) is 38.8 Å². The molecule has 0 radical (unpaired) electrons. The Labute approximate surface area is 162 Å². The summed E-state index contributed by atoms with van der Waals surface area (Å²) in [5.41, 5.74) is 3.02. The number of carbonyl (C=O) groups is 1. The van der Waals surface area contributed by atoms with Gasteiger partial charge in [-0.15, -0.1) is 0 Å². The molecule has 1 N–H and O–H groups in total. The third-order valence-electron chi connectivity index (χ3n) is 6.76. The highest BCUT2D eigenvalue weighted by Gasteiger charge is 2.35. The van der Waals surface area contributed by atoms with Crippen molar-refractivity contribution in [3.05, 3.63) is 17.0 Å². The number of fused-ring (bicyclic) bond motifs is 2. The first-order valence-corrected chi connectivity index (χ1v) is 10.9. The van der Waals surface area contributed by atoms with E-state index in [-0.39, 0.29) is 5.91 Å². The van der Waals surface area contributed by atoms with E-state index >= 15 is 0 Å². The molecule has 4 rings (SSSR count). The maximum atomic E-state index is 13.4. The molecule has 27 heavy (non-hydrogen) atoms. The standard InChI is InChI=1S/C21H34N4O2/c1-27-14-6-13-25(21(26)20-17-8-4-9-18(17)22-23-20)15-16-7-5-12-24-11-3-2-10-19(16)24/h16,19H,2-15H2,1H3,(H,22,23)/t16-,19+/m1/s1. The molecule has 0 unspecified atom stereocenters. The molecule has 1 aliphatic carbocycles. The summed E-state index contributed by atoms with van der Waals surface area (Å²) in [6.45, 7) is 4.81. The fraction of sp³-hybridized carbons (Fsp3) is 0.810. The predicted molar refractivity (Wildman–Crippen MR) is 105 cm³/mol. The number of aromatic nitrogens is 2. The Morgan fingerprint density at radius 3 is 3.00 bits per heavy atom. The second-order valence-corrected chi connectivity index (χ2v) is 8.48. The molecule has 6 nitrogen and oxygen atoms in total. The highest BCUT2D eigenvalue weighted by Crippen LogP contribution is 2.32. The second-order valence-electron chi connectivity index (χ2n) is 8.48. The summed E-state index contributed by atoms with van der Waals surface area (Å²) in [6.07, 6.45) is 10.5. The van der Waals surface area contributed by atoms with Crippen LogP contribution in [0.3, 0.4) is 0 Å². The van der Waals surface area contributed by atoms with Crippen LogP contribution in [0.25, 0.3) is 0 Å². The van der Waals surface area contributed by atoms with Crippen molar-refractivity contribution in [3.63, 3.8) is 0 Å². The third kappa shape index (κ3) is 4.06. The third-order valence-corrected chi connectivity index (χ3v) is 6.76. The van der Waals surface area contributed by atoms with Crippen LogP contribution in [0.5, 0.6) is 0 Å². The van der Waals surface area contributed by atoms with Crippen LogP contribution in [0.15, 0.2) is 0 Å².